The molecule has 31 heavy (non-hydrogen) atoms. The van der Waals surface area contributed by atoms with Gasteiger partial charge in [-0.1, -0.05) is 48.5 Å². The molecule has 0 aromatic carbocycles. The molecule has 3 heterocycles. The summed E-state index contributed by atoms with van der Waals surface area (Å²) in [4.78, 5) is 12.8. The van der Waals surface area contributed by atoms with Gasteiger partial charge in [0.1, 0.15) is 18.3 Å². The lowest BCUT2D eigenvalue weighted by atomic mass is 10.0. The molecule has 0 spiro atoms. The Morgan fingerprint density at radius 1 is 1.00 bits per heavy atom. The van der Waals surface area contributed by atoms with E-state index >= 15 is 0 Å². The summed E-state index contributed by atoms with van der Waals surface area (Å²) in [6, 6.07) is 0. The first kappa shape index (κ1) is 25.1. The monoisotopic (exact) mass is 458 g/mol. The molecule has 0 unspecified atom stereocenters. The van der Waals surface area contributed by atoms with Crippen LogP contribution in [0.4, 0.5) is 0 Å². The highest BCUT2D eigenvalue weighted by molar-refractivity contribution is 6.74. The molecular weight excluding hydrogens is 416 g/mol. The zero-order chi connectivity index (χ0) is 23.2. The first-order valence-electron chi connectivity index (χ1n) is 11.9. The van der Waals surface area contributed by atoms with E-state index in [9.17, 15) is 4.79 Å². The summed E-state index contributed by atoms with van der Waals surface area (Å²) >= 11 is 0. The fraction of sp³-hybridized carbons (Fsp3) is 0.957. The van der Waals surface area contributed by atoms with E-state index in [1.54, 1.807) is 0 Å². The third kappa shape index (κ3) is 4.48. The number of fused-ring (bicyclic) bond motifs is 1. The molecule has 0 aromatic heterocycles. The van der Waals surface area contributed by atoms with Crippen LogP contribution in [-0.4, -0.2) is 63.0 Å². The molecular formula is C23H42O7Si. The Hall–Kier alpha value is -0.513. The maximum Gasteiger partial charge on any atom is 0.338 e. The van der Waals surface area contributed by atoms with Crippen molar-refractivity contribution in [1.82, 2.24) is 0 Å². The average Bonchev–Trinajstić information content (AvgIpc) is 3.39. The van der Waals surface area contributed by atoms with E-state index < -0.39 is 44.3 Å². The van der Waals surface area contributed by atoms with Gasteiger partial charge in [0.05, 0.1) is 6.61 Å². The van der Waals surface area contributed by atoms with Crippen LogP contribution in [0.2, 0.25) is 18.1 Å². The Morgan fingerprint density at radius 2 is 1.58 bits per heavy atom. The van der Waals surface area contributed by atoms with Crippen LogP contribution in [-0.2, 0) is 32.9 Å². The normalized spacial score (nSPS) is 33.4. The van der Waals surface area contributed by atoms with Crippen molar-refractivity contribution < 1.29 is 32.9 Å². The minimum Gasteiger partial charge on any atom is -0.455 e. The highest BCUT2D eigenvalue weighted by Gasteiger charge is 2.62. The summed E-state index contributed by atoms with van der Waals surface area (Å²) in [6.45, 7) is 19.5. The number of ether oxygens (including phenoxy) is 5. The van der Waals surface area contributed by atoms with Gasteiger partial charge in [-0.2, -0.15) is 0 Å². The van der Waals surface area contributed by atoms with Crippen molar-refractivity contribution in [1.29, 1.82) is 0 Å². The topological polar surface area (TPSA) is 72.5 Å². The van der Waals surface area contributed by atoms with E-state index in [2.05, 4.69) is 47.7 Å². The molecule has 8 heteroatoms. The third-order valence-electron chi connectivity index (χ3n) is 7.76. The predicted molar refractivity (Wildman–Crippen MR) is 119 cm³/mol. The number of hydrogen-bond donors (Lipinski definition) is 0. The average molecular weight is 459 g/mol. The van der Waals surface area contributed by atoms with E-state index in [0.717, 1.165) is 12.8 Å². The van der Waals surface area contributed by atoms with Crippen molar-refractivity contribution in [2.24, 2.45) is 0 Å². The summed E-state index contributed by atoms with van der Waals surface area (Å²) in [7, 11) is -2.21. The van der Waals surface area contributed by atoms with Gasteiger partial charge < -0.3 is 28.1 Å². The minimum absolute atomic E-state index is 0.0110. The predicted octanol–water partition coefficient (Wildman–Crippen LogP) is 4.53. The van der Waals surface area contributed by atoms with Crippen molar-refractivity contribution in [3.63, 3.8) is 0 Å². The van der Waals surface area contributed by atoms with Crippen LogP contribution in [0.3, 0.4) is 0 Å². The Bertz CT molecular complexity index is 651. The number of cyclic esters (lactones) is 1. The van der Waals surface area contributed by atoms with E-state index in [4.69, 9.17) is 28.1 Å². The maximum absolute atomic E-state index is 12.8. The molecule has 0 saturated carbocycles. The highest BCUT2D eigenvalue weighted by atomic mass is 28.4. The molecule has 0 bridgehead atoms. The van der Waals surface area contributed by atoms with E-state index in [0.29, 0.717) is 19.4 Å². The zero-order valence-corrected chi connectivity index (χ0v) is 21.8. The van der Waals surface area contributed by atoms with Gasteiger partial charge >= 0.3 is 5.97 Å². The number of hydrogen-bond acceptors (Lipinski definition) is 7. The van der Waals surface area contributed by atoms with Gasteiger partial charge in [-0.15, -0.1) is 0 Å². The van der Waals surface area contributed by atoms with E-state index in [1.807, 2.05) is 13.8 Å². The van der Waals surface area contributed by atoms with Crippen LogP contribution < -0.4 is 0 Å². The van der Waals surface area contributed by atoms with Crippen molar-refractivity contribution in [2.75, 3.05) is 6.61 Å². The quantitative estimate of drug-likeness (QED) is 0.391. The lowest BCUT2D eigenvalue weighted by Crippen LogP contribution is -2.55. The third-order valence-corrected chi connectivity index (χ3v) is 12.2. The molecule has 3 saturated heterocycles. The summed E-state index contributed by atoms with van der Waals surface area (Å²) in [5.74, 6) is -1.75. The second kappa shape index (κ2) is 8.69. The van der Waals surface area contributed by atoms with Crippen molar-refractivity contribution in [2.45, 2.75) is 134 Å². The Morgan fingerprint density at radius 3 is 2.06 bits per heavy atom. The summed E-state index contributed by atoms with van der Waals surface area (Å²) in [5.41, 5.74) is 0. The van der Waals surface area contributed by atoms with Gasteiger partial charge in [0.2, 0.25) is 0 Å². The number of rotatable bonds is 8. The standard InChI is InChI=1S/C23H42O7Si/c1-10-22(11-2)25-14-15(27-22)16(30-31(8,9)21(5,6)7)17-18-19(20(24)26-17)29-23(12-3,13-4)28-18/h15-19H,10-14H2,1-9H3/t15-,16-,17+,18-,19-/m1/s1. The Balaban J connectivity index is 1.92. The molecule has 7 nitrogen and oxygen atoms in total. The Kier molecular flexibility index (Phi) is 7.04. The molecule has 180 valence electrons. The number of esters is 1. The second-order valence-electron chi connectivity index (χ2n) is 10.6. The molecule has 3 rings (SSSR count). The van der Waals surface area contributed by atoms with Gasteiger partial charge in [0.25, 0.3) is 0 Å². The zero-order valence-electron chi connectivity index (χ0n) is 20.8. The molecule has 0 radical (unpaired) electrons. The van der Waals surface area contributed by atoms with E-state index in [-0.39, 0.29) is 17.1 Å². The molecule has 0 aliphatic carbocycles. The fourth-order valence-corrected chi connectivity index (χ4v) is 5.72. The van der Waals surface area contributed by atoms with Crippen molar-refractivity contribution in [3.05, 3.63) is 0 Å². The first-order valence-corrected chi connectivity index (χ1v) is 14.8. The van der Waals surface area contributed by atoms with Gasteiger partial charge in [-0.25, -0.2) is 4.79 Å². The smallest absolute Gasteiger partial charge is 0.338 e. The molecule has 0 amide bonds. The van der Waals surface area contributed by atoms with Crippen LogP contribution >= 0.6 is 0 Å². The van der Waals surface area contributed by atoms with Crippen LogP contribution in [0.1, 0.15) is 74.1 Å². The minimum atomic E-state index is -2.21. The number of carbonyl (C=O) groups excluding carboxylic acids is 1. The fourth-order valence-electron chi connectivity index (χ4n) is 4.40. The molecule has 3 aliphatic heterocycles. The van der Waals surface area contributed by atoms with Gasteiger partial charge in [0, 0.05) is 0 Å². The lowest BCUT2D eigenvalue weighted by Gasteiger charge is -2.42. The van der Waals surface area contributed by atoms with Gasteiger partial charge in [0.15, 0.2) is 32.1 Å². The molecule has 0 N–H and O–H groups in total. The highest BCUT2D eigenvalue weighted by Crippen LogP contribution is 2.45. The van der Waals surface area contributed by atoms with Gasteiger partial charge in [-0.3, -0.25) is 0 Å². The summed E-state index contributed by atoms with van der Waals surface area (Å²) < 4.78 is 37.8. The lowest BCUT2D eigenvalue weighted by molar-refractivity contribution is -0.220. The molecule has 3 fully saturated rings. The number of carbonyl (C=O) groups is 1. The maximum atomic E-state index is 12.8. The molecule has 0 aromatic rings. The van der Waals surface area contributed by atoms with Crippen LogP contribution in [0.5, 0.6) is 0 Å². The SMILES string of the molecule is CCC1(CC)OC[C@H]([C@@H](O[Si](C)(C)C(C)(C)C)[C@@H]2OC(=O)[C@@H]3OC(CC)(CC)O[C@H]23)O1. The summed E-state index contributed by atoms with van der Waals surface area (Å²) in [6.07, 6.45) is 0.188. The second-order valence-corrected chi connectivity index (χ2v) is 15.3. The van der Waals surface area contributed by atoms with Crippen LogP contribution in [0.15, 0.2) is 0 Å². The Labute approximate surface area is 188 Å². The van der Waals surface area contributed by atoms with Crippen LogP contribution in [0.25, 0.3) is 0 Å². The van der Waals surface area contributed by atoms with Crippen molar-refractivity contribution >= 4 is 14.3 Å². The van der Waals surface area contributed by atoms with Gasteiger partial charge in [-0.05, 0) is 43.8 Å². The van der Waals surface area contributed by atoms with E-state index in [1.165, 1.54) is 0 Å². The largest absolute Gasteiger partial charge is 0.455 e. The summed E-state index contributed by atoms with van der Waals surface area (Å²) in [5, 5.41) is -0.0110. The molecule has 5 atom stereocenters. The first-order chi connectivity index (χ1) is 14.4. The van der Waals surface area contributed by atoms with Crippen molar-refractivity contribution in [3.8, 4) is 0 Å². The molecule has 3 aliphatic rings. The van der Waals surface area contributed by atoms with Crippen LogP contribution in [0, 0.1) is 0 Å².